The number of fused-ring (bicyclic) bond motifs is 1. The van der Waals surface area contributed by atoms with Gasteiger partial charge >= 0.3 is 0 Å². The molecule has 2 aromatic rings. The van der Waals surface area contributed by atoms with Crippen LogP contribution in [0.2, 0.25) is 0 Å². The molecule has 2 nitrogen and oxygen atoms in total. The molecule has 0 fully saturated rings. The maximum absolute atomic E-state index is 12.5. The lowest BCUT2D eigenvalue weighted by molar-refractivity contribution is 0.102. The van der Waals surface area contributed by atoms with Crippen molar-refractivity contribution in [2.24, 2.45) is 5.92 Å². The first kappa shape index (κ1) is 14.1. The van der Waals surface area contributed by atoms with Crippen molar-refractivity contribution in [1.29, 1.82) is 0 Å². The third-order valence-electron chi connectivity index (χ3n) is 3.77. The lowest BCUT2D eigenvalue weighted by Crippen LogP contribution is -2.16. The van der Waals surface area contributed by atoms with Gasteiger partial charge < -0.3 is 5.32 Å². The van der Waals surface area contributed by atoms with Gasteiger partial charge in [0.05, 0.1) is 11.3 Å². The van der Waals surface area contributed by atoms with Gasteiger partial charge in [0.25, 0.3) is 5.91 Å². The van der Waals surface area contributed by atoms with Crippen molar-refractivity contribution in [2.45, 2.75) is 26.2 Å². The second kappa shape index (κ2) is 5.85. The molecule has 0 radical (unpaired) electrons. The van der Waals surface area contributed by atoms with Crippen molar-refractivity contribution in [1.82, 2.24) is 0 Å². The number of amides is 1. The highest BCUT2D eigenvalue weighted by Crippen LogP contribution is 2.33. The largest absolute Gasteiger partial charge is 0.321 e. The summed E-state index contributed by atoms with van der Waals surface area (Å²) in [6.45, 7) is 2.29. The van der Waals surface area contributed by atoms with Crippen molar-refractivity contribution in [2.75, 3.05) is 5.32 Å². The highest BCUT2D eigenvalue weighted by Gasteiger charge is 2.23. The number of carbonyl (C=O) groups excluding carboxylic acids is 1. The number of carbonyl (C=O) groups is 1. The zero-order chi connectivity index (χ0) is 14.1. The molecular weight excluding hydrogens is 381 g/mol. The molecule has 0 aliphatic heterocycles. The molecular formula is C16H16INOS. The molecule has 1 aliphatic rings. The maximum Gasteiger partial charge on any atom is 0.256 e. The van der Waals surface area contributed by atoms with Crippen LogP contribution < -0.4 is 5.32 Å². The fourth-order valence-electron chi connectivity index (χ4n) is 2.62. The zero-order valence-electron chi connectivity index (χ0n) is 11.3. The van der Waals surface area contributed by atoms with Crippen LogP contribution >= 0.6 is 33.9 Å². The van der Waals surface area contributed by atoms with Crippen LogP contribution in [0, 0.1) is 9.49 Å². The number of anilines is 1. The minimum absolute atomic E-state index is 0.0289. The first-order valence-corrected chi connectivity index (χ1v) is 8.76. The highest BCUT2D eigenvalue weighted by molar-refractivity contribution is 14.1. The topological polar surface area (TPSA) is 29.1 Å². The van der Waals surface area contributed by atoms with Crippen molar-refractivity contribution in [3.8, 4) is 0 Å². The first-order valence-electron chi connectivity index (χ1n) is 6.80. The van der Waals surface area contributed by atoms with Crippen molar-refractivity contribution < 1.29 is 4.79 Å². The lowest BCUT2D eigenvalue weighted by atomic mass is 9.88. The second-order valence-electron chi connectivity index (χ2n) is 5.33. The van der Waals surface area contributed by atoms with Gasteiger partial charge in [0.2, 0.25) is 0 Å². The molecule has 0 spiro atoms. The quantitative estimate of drug-likeness (QED) is 0.730. The number of hydrogen-bond acceptors (Lipinski definition) is 2. The fourth-order valence-corrected chi connectivity index (χ4v) is 4.39. The molecule has 1 aromatic heterocycles. The maximum atomic E-state index is 12.5. The number of hydrogen-bond donors (Lipinski definition) is 1. The molecule has 0 saturated heterocycles. The van der Waals surface area contributed by atoms with E-state index in [2.05, 4.69) is 34.8 Å². The van der Waals surface area contributed by atoms with Crippen molar-refractivity contribution in [3.63, 3.8) is 0 Å². The Bertz CT molecular complexity index is 650. The van der Waals surface area contributed by atoms with E-state index < -0.39 is 0 Å². The van der Waals surface area contributed by atoms with E-state index in [1.807, 2.05) is 29.6 Å². The average molecular weight is 397 g/mol. The predicted molar refractivity (Wildman–Crippen MR) is 92.6 cm³/mol. The minimum Gasteiger partial charge on any atom is -0.321 e. The molecule has 1 N–H and O–H groups in total. The summed E-state index contributed by atoms with van der Waals surface area (Å²) in [5.74, 6) is 0.772. The van der Waals surface area contributed by atoms with Gasteiger partial charge in [0, 0.05) is 13.8 Å². The van der Waals surface area contributed by atoms with E-state index >= 15 is 0 Å². The third kappa shape index (κ3) is 2.76. The Morgan fingerprint density at radius 2 is 2.20 bits per heavy atom. The summed E-state index contributed by atoms with van der Waals surface area (Å²) in [7, 11) is 0. The molecule has 104 valence electrons. The van der Waals surface area contributed by atoms with Crippen LogP contribution in [-0.2, 0) is 12.8 Å². The molecule has 20 heavy (non-hydrogen) atoms. The Labute approximate surface area is 136 Å². The Morgan fingerprint density at radius 1 is 1.40 bits per heavy atom. The van der Waals surface area contributed by atoms with Gasteiger partial charge in [0.15, 0.2) is 0 Å². The monoisotopic (exact) mass is 397 g/mol. The lowest BCUT2D eigenvalue weighted by Gasteiger charge is -2.18. The number of para-hydroxylation sites is 1. The molecule has 1 aromatic carbocycles. The van der Waals surface area contributed by atoms with Gasteiger partial charge in [-0.3, -0.25) is 4.79 Å². The summed E-state index contributed by atoms with van der Waals surface area (Å²) in [6.07, 6.45) is 3.34. The number of nitrogens with one attached hydrogen (secondary N) is 1. The molecule has 0 bridgehead atoms. The average Bonchev–Trinajstić information content (AvgIpc) is 2.84. The summed E-state index contributed by atoms with van der Waals surface area (Å²) in [5.41, 5.74) is 3.04. The van der Waals surface area contributed by atoms with Crippen LogP contribution in [-0.4, -0.2) is 5.91 Å². The number of halogens is 1. The molecule has 1 amide bonds. The summed E-state index contributed by atoms with van der Waals surface area (Å²) >= 11 is 3.98. The second-order valence-corrected chi connectivity index (χ2v) is 7.46. The molecule has 1 aliphatic carbocycles. The van der Waals surface area contributed by atoms with E-state index in [-0.39, 0.29) is 5.91 Å². The van der Waals surface area contributed by atoms with Crippen LogP contribution in [0.25, 0.3) is 0 Å². The van der Waals surface area contributed by atoms with Crippen LogP contribution in [0.5, 0.6) is 0 Å². The van der Waals surface area contributed by atoms with Crippen LogP contribution in [0.4, 0.5) is 5.69 Å². The number of thiophene rings is 1. The molecule has 3 rings (SSSR count). The Hall–Kier alpha value is -0.880. The van der Waals surface area contributed by atoms with Gasteiger partial charge in [0.1, 0.15) is 0 Å². The standard InChI is InChI=1S/C16H16INOS/c1-10-6-7-11-12(9-20-15(11)8-10)16(19)18-14-5-3-2-4-13(14)17/h2-5,9-10H,6-8H2,1H3,(H,18,19)/t10-/m1/s1. The van der Waals surface area contributed by atoms with E-state index in [0.717, 1.165) is 33.6 Å². The van der Waals surface area contributed by atoms with Gasteiger partial charge in [-0.25, -0.2) is 0 Å². The van der Waals surface area contributed by atoms with Gasteiger partial charge in [-0.2, -0.15) is 0 Å². The van der Waals surface area contributed by atoms with E-state index in [1.54, 1.807) is 11.3 Å². The normalized spacial score (nSPS) is 17.6. The molecule has 1 heterocycles. The van der Waals surface area contributed by atoms with Crippen LogP contribution in [0.1, 0.15) is 34.1 Å². The predicted octanol–water partition coefficient (Wildman–Crippen LogP) is 4.73. The van der Waals surface area contributed by atoms with Crippen LogP contribution in [0.3, 0.4) is 0 Å². The molecule has 0 saturated carbocycles. The Balaban J connectivity index is 1.84. The van der Waals surface area contributed by atoms with Crippen molar-refractivity contribution in [3.05, 3.63) is 49.2 Å². The summed E-state index contributed by atoms with van der Waals surface area (Å²) in [5, 5.41) is 5.06. The summed E-state index contributed by atoms with van der Waals surface area (Å²) < 4.78 is 1.07. The summed E-state index contributed by atoms with van der Waals surface area (Å²) in [4.78, 5) is 13.9. The molecule has 0 unspecified atom stereocenters. The van der Waals surface area contributed by atoms with Gasteiger partial charge in [-0.15, -0.1) is 11.3 Å². The van der Waals surface area contributed by atoms with Crippen LogP contribution in [0.15, 0.2) is 29.6 Å². The van der Waals surface area contributed by atoms with E-state index in [4.69, 9.17) is 0 Å². The smallest absolute Gasteiger partial charge is 0.256 e. The number of rotatable bonds is 2. The van der Waals surface area contributed by atoms with Gasteiger partial charge in [-0.1, -0.05) is 19.1 Å². The fraction of sp³-hybridized carbons (Fsp3) is 0.312. The van der Waals surface area contributed by atoms with E-state index in [9.17, 15) is 4.79 Å². The third-order valence-corrected chi connectivity index (χ3v) is 5.76. The summed E-state index contributed by atoms with van der Waals surface area (Å²) in [6, 6.07) is 7.87. The van der Waals surface area contributed by atoms with E-state index in [1.165, 1.54) is 16.9 Å². The highest BCUT2D eigenvalue weighted by atomic mass is 127. The van der Waals surface area contributed by atoms with E-state index in [0.29, 0.717) is 0 Å². The first-order chi connectivity index (χ1) is 9.65. The van der Waals surface area contributed by atoms with Crippen molar-refractivity contribution >= 4 is 45.5 Å². The Kier molecular flexibility index (Phi) is 4.12. The Morgan fingerprint density at radius 3 is 3.00 bits per heavy atom. The van der Waals surface area contributed by atoms with Gasteiger partial charge in [-0.05, 0) is 65.5 Å². The molecule has 1 atom stereocenters. The molecule has 4 heteroatoms. The minimum atomic E-state index is 0.0289. The number of benzene rings is 1. The zero-order valence-corrected chi connectivity index (χ0v) is 14.3. The SMILES string of the molecule is C[C@@H]1CCc2c(C(=O)Nc3ccccc3I)csc2C1.